The second kappa shape index (κ2) is 8.14. The molecule has 0 aliphatic heterocycles. The van der Waals surface area contributed by atoms with Crippen LogP contribution in [0.15, 0.2) is 29.2 Å². The lowest BCUT2D eigenvalue weighted by atomic mass is 10.2. The molecule has 0 saturated carbocycles. The monoisotopic (exact) mass is 312 g/mol. The van der Waals surface area contributed by atoms with Gasteiger partial charge in [0, 0.05) is 25.7 Å². The van der Waals surface area contributed by atoms with E-state index >= 15 is 0 Å². The fourth-order valence-corrected chi connectivity index (χ4v) is 2.95. The van der Waals surface area contributed by atoms with E-state index in [4.69, 9.17) is 0 Å². The molecule has 5 nitrogen and oxygen atoms in total. The molecule has 1 rings (SSSR count). The number of carbonyl (C=O) groups excluding carboxylic acids is 1. The van der Waals surface area contributed by atoms with Crippen molar-refractivity contribution in [3.63, 3.8) is 0 Å². The molecular formula is C15H24N2O3S. The average molecular weight is 312 g/mol. The maximum Gasteiger partial charge on any atom is 0.253 e. The number of nitrogens with zero attached hydrogens (tertiary/aromatic N) is 1. The quantitative estimate of drug-likeness (QED) is 0.800. The molecule has 118 valence electrons. The highest BCUT2D eigenvalue weighted by atomic mass is 32.2. The maximum absolute atomic E-state index is 12.1. The van der Waals surface area contributed by atoms with Crippen molar-refractivity contribution >= 4 is 15.9 Å². The molecule has 0 spiro atoms. The van der Waals surface area contributed by atoms with Crippen LogP contribution in [0.2, 0.25) is 0 Å². The number of rotatable bonds is 8. The minimum Gasteiger partial charge on any atom is -0.342 e. The zero-order chi connectivity index (χ0) is 15.9. The molecule has 21 heavy (non-hydrogen) atoms. The lowest BCUT2D eigenvalue weighted by Gasteiger charge is -2.16. The van der Waals surface area contributed by atoms with Gasteiger partial charge in [-0.3, -0.25) is 4.79 Å². The molecule has 1 aromatic rings. The smallest absolute Gasteiger partial charge is 0.253 e. The van der Waals surface area contributed by atoms with Crippen molar-refractivity contribution in [1.29, 1.82) is 0 Å². The normalized spacial score (nSPS) is 11.4. The van der Waals surface area contributed by atoms with E-state index in [1.807, 2.05) is 6.92 Å². The second-order valence-electron chi connectivity index (χ2n) is 5.00. The molecule has 1 aromatic carbocycles. The van der Waals surface area contributed by atoms with Crippen molar-refractivity contribution in [3.05, 3.63) is 29.8 Å². The van der Waals surface area contributed by atoms with Gasteiger partial charge in [0.05, 0.1) is 4.90 Å². The highest BCUT2D eigenvalue weighted by Crippen LogP contribution is 2.12. The van der Waals surface area contributed by atoms with E-state index in [1.165, 1.54) is 12.1 Å². The van der Waals surface area contributed by atoms with Crippen LogP contribution >= 0.6 is 0 Å². The summed E-state index contributed by atoms with van der Waals surface area (Å²) in [6.07, 6.45) is 2.71. The van der Waals surface area contributed by atoms with Crippen molar-refractivity contribution < 1.29 is 13.2 Å². The third-order valence-electron chi connectivity index (χ3n) is 3.15. The Bertz CT molecular complexity index is 553. The Kier molecular flexibility index (Phi) is 6.84. The van der Waals surface area contributed by atoms with Crippen LogP contribution < -0.4 is 4.72 Å². The van der Waals surface area contributed by atoms with Crippen molar-refractivity contribution in [1.82, 2.24) is 9.62 Å². The summed E-state index contributed by atoms with van der Waals surface area (Å²) in [5.41, 5.74) is 0.503. The summed E-state index contributed by atoms with van der Waals surface area (Å²) in [5.74, 6) is -0.0890. The molecule has 0 aliphatic rings. The molecule has 0 saturated heterocycles. The number of hydrogen-bond donors (Lipinski definition) is 1. The van der Waals surface area contributed by atoms with Crippen LogP contribution in [0.3, 0.4) is 0 Å². The van der Waals surface area contributed by atoms with Gasteiger partial charge in [0.25, 0.3) is 5.91 Å². The maximum atomic E-state index is 12.1. The van der Waals surface area contributed by atoms with Gasteiger partial charge >= 0.3 is 0 Å². The number of nitrogens with one attached hydrogen (secondary N) is 1. The first-order chi connectivity index (χ1) is 9.92. The Morgan fingerprint density at radius 2 is 1.76 bits per heavy atom. The summed E-state index contributed by atoms with van der Waals surface area (Å²) in [6, 6.07) is 6.06. The molecule has 0 radical (unpaired) electrons. The summed E-state index contributed by atoms with van der Waals surface area (Å²) in [5, 5.41) is 0. The van der Waals surface area contributed by atoms with Gasteiger partial charge in [-0.2, -0.15) is 0 Å². The van der Waals surface area contributed by atoms with E-state index in [2.05, 4.69) is 11.6 Å². The predicted octanol–water partition coefficient (Wildman–Crippen LogP) is 2.25. The molecule has 1 amide bonds. The Morgan fingerprint density at radius 1 is 1.14 bits per heavy atom. The van der Waals surface area contributed by atoms with Crippen LogP contribution in [0.25, 0.3) is 0 Å². The van der Waals surface area contributed by atoms with Crippen molar-refractivity contribution in [2.24, 2.45) is 0 Å². The van der Waals surface area contributed by atoms with Gasteiger partial charge in [0.1, 0.15) is 0 Å². The van der Waals surface area contributed by atoms with E-state index in [0.717, 1.165) is 19.3 Å². The van der Waals surface area contributed by atoms with Gasteiger partial charge in [0.2, 0.25) is 10.0 Å². The molecule has 0 atom stereocenters. The summed E-state index contributed by atoms with van der Waals surface area (Å²) in [7, 11) is -1.72. The predicted molar refractivity (Wildman–Crippen MR) is 83.8 cm³/mol. The van der Waals surface area contributed by atoms with Crippen molar-refractivity contribution in [3.8, 4) is 0 Å². The van der Waals surface area contributed by atoms with E-state index in [-0.39, 0.29) is 10.8 Å². The van der Waals surface area contributed by atoms with E-state index in [1.54, 1.807) is 24.1 Å². The molecule has 0 fully saturated rings. The van der Waals surface area contributed by atoms with Crippen LogP contribution in [-0.4, -0.2) is 39.4 Å². The molecule has 0 aliphatic carbocycles. The largest absolute Gasteiger partial charge is 0.342 e. The van der Waals surface area contributed by atoms with E-state index in [0.29, 0.717) is 18.7 Å². The number of benzene rings is 1. The molecular weight excluding hydrogens is 288 g/mol. The SMILES string of the molecule is CCCCN(C)C(=O)c1ccc(S(=O)(=O)NCCC)cc1. The number of hydrogen-bond acceptors (Lipinski definition) is 3. The zero-order valence-corrected chi connectivity index (χ0v) is 13.7. The molecule has 0 bridgehead atoms. The van der Waals surface area contributed by atoms with Gasteiger partial charge in [-0.05, 0) is 37.1 Å². The number of sulfonamides is 1. The fraction of sp³-hybridized carbons (Fsp3) is 0.533. The molecule has 0 aromatic heterocycles. The number of carbonyl (C=O) groups is 1. The zero-order valence-electron chi connectivity index (χ0n) is 12.9. The van der Waals surface area contributed by atoms with Gasteiger partial charge in [0.15, 0.2) is 0 Å². The average Bonchev–Trinajstić information content (AvgIpc) is 2.50. The Hall–Kier alpha value is -1.40. The van der Waals surface area contributed by atoms with Crippen LogP contribution in [-0.2, 0) is 10.0 Å². The van der Waals surface area contributed by atoms with E-state index in [9.17, 15) is 13.2 Å². The first kappa shape index (κ1) is 17.7. The van der Waals surface area contributed by atoms with Gasteiger partial charge in [-0.1, -0.05) is 20.3 Å². The molecule has 0 unspecified atom stereocenters. The van der Waals surface area contributed by atoms with E-state index < -0.39 is 10.0 Å². The minimum atomic E-state index is -3.47. The standard InChI is InChI=1S/C15H24N2O3S/c1-4-6-12-17(3)15(18)13-7-9-14(10-8-13)21(19,20)16-11-5-2/h7-10,16H,4-6,11-12H2,1-3H3. The topological polar surface area (TPSA) is 66.5 Å². The van der Waals surface area contributed by atoms with Crippen LogP contribution in [0.1, 0.15) is 43.5 Å². The summed E-state index contributed by atoms with van der Waals surface area (Å²) in [4.78, 5) is 14.0. The first-order valence-corrected chi connectivity index (χ1v) is 8.76. The molecule has 0 heterocycles. The first-order valence-electron chi connectivity index (χ1n) is 7.27. The Balaban J connectivity index is 2.80. The van der Waals surface area contributed by atoms with Crippen LogP contribution in [0.5, 0.6) is 0 Å². The number of unbranched alkanes of at least 4 members (excludes halogenated alkanes) is 1. The molecule has 1 N–H and O–H groups in total. The molecule has 6 heteroatoms. The highest BCUT2D eigenvalue weighted by molar-refractivity contribution is 7.89. The third kappa shape index (κ3) is 5.13. The fourth-order valence-electron chi connectivity index (χ4n) is 1.81. The lowest BCUT2D eigenvalue weighted by molar-refractivity contribution is 0.0793. The van der Waals surface area contributed by atoms with Crippen LogP contribution in [0.4, 0.5) is 0 Å². The summed E-state index contributed by atoms with van der Waals surface area (Å²) >= 11 is 0. The lowest BCUT2D eigenvalue weighted by Crippen LogP contribution is -2.28. The van der Waals surface area contributed by atoms with Crippen molar-refractivity contribution in [2.75, 3.05) is 20.1 Å². The second-order valence-corrected chi connectivity index (χ2v) is 6.77. The highest BCUT2D eigenvalue weighted by Gasteiger charge is 2.15. The van der Waals surface area contributed by atoms with Crippen molar-refractivity contribution in [2.45, 2.75) is 38.0 Å². The minimum absolute atomic E-state index is 0.0890. The van der Waals surface area contributed by atoms with Crippen LogP contribution in [0, 0.1) is 0 Å². The Morgan fingerprint density at radius 3 is 2.29 bits per heavy atom. The Labute approximate surface area is 127 Å². The third-order valence-corrected chi connectivity index (χ3v) is 4.62. The van der Waals surface area contributed by atoms with Gasteiger partial charge in [-0.25, -0.2) is 13.1 Å². The van der Waals surface area contributed by atoms with Gasteiger partial charge in [-0.15, -0.1) is 0 Å². The number of amides is 1. The summed E-state index contributed by atoms with van der Waals surface area (Å²) in [6.45, 7) is 5.08. The summed E-state index contributed by atoms with van der Waals surface area (Å²) < 4.78 is 26.4. The van der Waals surface area contributed by atoms with Gasteiger partial charge < -0.3 is 4.90 Å².